The molecule has 34 heavy (non-hydrogen) atoms. The Kier molecular flexibility index (Phi) is 8.49. The molecule has 1 N–H and O–H groups in total. The third kappa shape index (κ3) is 5.66. The molecule has 1 atom stereocenters. The van der Waals surface area contributed by atoms with E-state index < -0.39 is 17.7 Å². The SMILES string of the molecule is C=CCOc1cccc([C@H]2C(=C(O)c3ccc(OCC)cc3)C(=O)C(=O)N2CCCN(C)C)c1. The minimum Gasteiger partial charge on any atom is -0.507 e. The Bertz CT molecular complexity index is 1060. The number of rotatable bonds is 11. The molecule has 0 saturated carbocycles. The van der Waals surface area contributed by atoms with Crippen molar-refractivity contribution in [3.63, 3.8) is 0 Å². The van der Waals surface area contributed by atoms with Gasteiger partial charge in [0.05, 0.1) is 18.2 Å². The van der Waals surface area contributed by atoms with Crippen molar-refractivity contribution in [2.24, 2.45) is 0 Å². The summed E-state index contributed by atoms with van der Waals surface area (Å²) in [6, 6.07) is 13.3. The molecule has 0 aliphatic carbocycles. The zero-order chi connectivity index (χ0) is 24.7. The van der Waals surface area contributed by atoms with Crippen molar-refractivity contribution in [2.75, 3.05) is 40.4 Å². The fourth-order valence-electron chi connectivity index (χ4n) is 3.98. The number of hydrogen-bond acceptors (Lipinski definition) is 6. The van der Waals surface area contributed by atoms with Gasteiger partial charge >= 0.3 is 0 Å². The zero-order valence-electron chi connectivity index (χ0n) is 20.0. The highest BCUT2D eigenvalue weighted by Crippen LogP contribution is 2.40. The molecule has 1 heterocycles. The second-order valence-electron chi connectivity index (χ2n) is 8.28. The number of aliphatic hydroxyl groups is 1. The van der Waals surface area contributed by atoms with Crippen molar-refractivity contribution in [3.05, 3.63) is 77.9 Å². The van der Waals surface area contributed by atoms with E-state index in [4.69, 9.17) is 9.47 Å². The first-order chi connectivity index (χ1) is 16.4. The molecule has 0 radical (unpaired) electrons. The van der Waals surface area contributed by atoms with Crippen molar-refractivity contribution >= 4 is 17.4 Å². The molecular weight excluding hydrogens is 432 g/mol. The van der Waals surface area contributed by atoms with Crippen LogP contribution in [0.15, 0.2) is 66.8 Å². The number of benzene rings is 2. The van der Waals surface area contributed by atoms with Crippen LogP contribution >= 0.6 is 0 Å². The molecule has 1 aliphatic heterocycles. The Morgan fingerprint density at radius 3 is 2.50 bits per heavy atom. The van der Waals surface area contributed by atoms with Gasteiger partial charge in [0.15, 0.2) is 0 Å². The van der Waals surface area contributed by atoms with E-state index in [1.165, 1.54) is 0 Å². The van der Waals surface area contributed by atoms with Crippen LogP contribution in [0.2, 0.25) is 0 Å². The van der Waals surface area contributed by atoms with Gasteiger partial charge in [0.25, 0.3) is 11.7 Å². The maximum absolute atomic E-state index is 13.1. The van der Waals surface area contributed by atoms with Gasteiger partial charge in [0, 0.05) is 12.1 Å². The van der Waals surface area contributed by atoms with Gasteiger partial charge in [-0.2, -0.15) is 0 Å². The third-order valence-corrected chi connectivity index (χ3v) is 5.52. The lowest BCUT2D eigenvalue weighted by Gasteiger charge is -2.26. The molecule has 2 aromatic carbocycles. The van der Waals surface area contributed by atoms with Crippen LogP contribution < -0.4 is 9.47 Å². The minimum absolute atomic E-state index is 0.0693. The van der Waals surface area contributed by atoms with Crippen LogP contribution in [-0.4, -0.2) is 67.0 Å². The van der Waals surface area contributed by atoms with Gasteiger partial charge in [-0.15, -0.1) is 0 Å². The summed E-state index contributed by atoms with van der Waals surface area (Å²) in [5.74, 6) is -0.268. The third-order valence-electron chi connectivity index (χ3n) is 5.52. The van der Waals surface area contributed by atoms with Gasteiger partial charge < -0.3 is 24.4 Å². The van der Waals surface area contributed by atoms with Crippen molar-refractivity contribution in [1.82, 2.24) is 9.80 Å². The zero-order valence-corrected chi connectivity index (χ0v) is 20.0. The van der Waals surface area contributed by atoms with E-state index in [1.807, 2.05) is 38.1 Å². The summed E-state index contributed by atoms with van der Waals surface area (Å²) in [6.07, 6.45) is 2.33. The topological polar surface area (TPSA) is 79.3 Å². The van der Waals surface area contributed by atoms with Crippen molar-refractivity contribution in [3.8, 4) is 11.5 Å². The van der Waals surface area contributed by atoms with Gasteiger partial charge in [0.1, 0.15) is 23.9 Å². The molecule has 7 heteroatoms. The monoisotopic (exact) mass is 464 g/mol. The average molecular weight is 465 g/mol. The molecule has 0 unspecified atom stereocenters. The van der Waals surface area contributed by atoms with Crippen LogP contribution in [0.3, 0.4) is 0 Å². The Hall–Kier alpha value is -3.58. The summed E-state index contributed by atoms with van der Waals surface area (Å²) >= 11 is 0. The highest BCUT2D eigenvalue weighted by Gasteiger charge is 2.45. The molecule has 180 valence electrons. The van der Waals surface area contributed by atoms with Gasteiger partial charge in [-0.3, -0.25) is 9.59 Å². The Balaban J connectivity index is 2.06. The number of amides is 1. The van der Waals surface area contributed by atoms with Crippen LogP contribution in [0.25, 0.3) is 5.76 Å². The number of Topliss-reactive ketones (excluding diaryl/α,β-unsaturated/α-hetero) is 1. The van der Waals surface area contributed by atoms with Gasteiger partial charge in [0.2, 0.25) is 0 Å². The maximum Gasteiger partial charge on any atom is 0.295 e. The van der Waals surface area contributed by atoms with Gasteiger partial charge in [-0.25, -0.2) is 0 Å². The summed E-state index contributed by atoms with van der Waals surface area (Å²) < 4.78 is 11.1. The van der Waals surface area contributed by atoms with E-state index in [1.54, 1.807) is 47.4 Å². The molecule has 1 fully saturated rings. The first kappa shape index (κ1) is 25.1. The Labute approximate surface area is 200 Å². The number of aliphatic hydroxyl groups excluding tert-OH is 1. The van der Waals surface area contributed by atoms with Gasteiger partial charge in [-0.05, 0) is 75.9 Å². The standard InChI is InChI=1S/C27H32N2O5/c1-5-17-34-22-10-7-9-20(18-22)24-23(25(30)19-11-13-21(14-12-19)33-6-2)26(31)27(32)29(24)16-8-15-28(3)4/h5,7,9-14,18,24,30H,1,6,8,15-17H2,2-4H3/t24-/m0/s1. The largest absolute Gasteiger partial charge is 0.507 e. The van der Waals surface area contributed by atoms with E-state index in [9.17, 15) is 14.7 Å². The normalized spacial score (nSPS) is 17.3. The maximum atomic E-state index is 13.1. The second-order valence-corrected chi connectivity index (χ2v) is 8.28. The average Bonchev–Trinajstić information content (AvgIpc) is 3.08. The van der Waals surface area contributed by atoms with Gasteiger partial charge in [-0.1, -0.05) is 24.8 Å². The van der Waals surface area contributed by atoms with Crippen LogP contribution in [0, 0.1) is 0 Å². The molecule has 1 amide bonds. The molecule has 0 aromatic heterocycles. The predicted octanol–water partition coefficient (Wildman–Crippen LogP) is 4.02. The Morgan fingerprint density at radius 2 is 1.85 bits per heavy atom. The van der Waals surface area contributed by atoms with E-state index >= 15 is 0 Å². The van der Waals surface area contributed by atoms with Crippen LogP contribution in [0.5, 0.6) is 11.5 Å². The highest BCUT2D eigenvalue weighted by atomic mass is 16.5. The van der Waals surface area contributed by atoms with E-state index in [0.717, 1.165) is 6.54 Å². The van der Waals surface area contributed by atoms with Crippen molar-refractivity contribution in [2.45, 2.75) is 19.4 Å². The van der Waals surface area contributed by atoms with Crippen molar-refractivity contribution < 1.29 is 24.2 Å². The lowest BCUT2D eigenvalue weighted by molar-refractivity contribution is -0.139. The summed E-state index contributed by atoms with van der Waals surface area (Å²) in [6.45, 7) is 7.55. The van der Waals surface area contributed by atoms with Crippen LogP contribution in [0.4, 0.5) is 0 Å². The lowest BCUT2D eigenvalue weighted by atomic mass is 9.95. The first-order valence-electron chi connectivity index (χ1n) is 11.4. The fraction of sp³-hybridized carbons (Fsp3) is 0.333. The predicted molar refractivity (Wildman–Crippen MR) is 132 cm³/mol. The molecule has 7 nitrogen and oxygen atoms in total. The number of ether oxygens (including phenoxy) is 2. The molecule has 2 aromatic rings. The minimum atomic E-state index is -0.721. The molecule has 0 bridgehead atoms. The second kappa shape index (κ2) is 11.5. The quantitative estimate of drug-likeness (QED) is 0.234. The molecule has 0 spiro atoms. The number of carbonyl (C=O) groups excluding carboxylic acids is 2. The first-order valence-corrected chi connectivity index (χ1v) is 11.4. The number of nitrogens with zero attached hydrogens (tertiary/aromatic N) is 2. The van der Waals surface area contributed by atoms with Crippen molar-refractivity contribution in [1.29, 1.82) is 0 Å². The summed E-state index contributed by atoms with van der Waals surface area (Å²) in [5.41, 5.74) is 1.21. The van der Waals surface area contributed by atoms with Crippen LogP contribution in [-0.2, 0) is 9.59 Å². The molecule has 1 aliphatic rings. The number of hydrogen-bond donors (Lipinski definition) is 1. The molecular formula is C27H32N2O5. The highest BCUT2D eigenvalue weighted by molar-refractivity contribution is 6.46. The summed E-state index contributed by atoms with van der Waals surface area (Å²) in [5, 5.41) is 11.2. The van der Waals surface area contributed by atoms with E-state index in [2.05, 4.69) is 6.58 Å². The summed E-state index contributed by atoms with van der Waals surface area (Å²) in [7, 11) is 3.91. The fourth-order valence-corrected chi connectivity index (χ4v) is 3.98. The lowest BCUT2D eigenvalue weighted by Crippen LogP contribution is -2.32. The smallest absolute Gasteiger partial charge is 0.295 e. The van der Waals surface area contributed by atoms with Crippen LogP contribution in [0.1, 0.15) is 30.5 Å². The summed E-state index contributed by atoms with van der Waals surface area (Å²) in [4.78, 5) is 29.8. The number of likely N-dealkylation sites (tertiary alicyclic amines) is 1. The molecule has 1 saturated heterocycles. The number of carbonyl (C=O) groups is 2. The van der Waals surface area contributed by atoms with E-state index in [0.29, 0.717) is 48.8 Å². The van der Waals surface area contributed by atoms with E-state index in [-0.39, 0.29) is 11.3 Å². The number of ketones is 1. The Morgan fingerprint density at radius 1 is 1.12 bits per heavy atom. The molecule has 3 rings (SSSR count).